The molecule has 8 nitrogen and oxygen atoms in total. The number of aromatic amines is 1. The van der Waals surface area contributed by atoms with Crippen molar-refractivity contribution < 1.29 is 19.0 Å². The van der Waals surface area contributed by atoms with E-state index in [1.807, 2.05) is 27.7 Å². The number of aromatic nitrogens is 3. The van der Waals surface area contributed by atoms with Crippen LogP contribution in [0.5, 0.6) is 5.75 Å². The Morgan fingerprint density at radius 3 is 2.43 bits per heavy atom. The first-order chi connectivity index (χ1) is 17.8. The summed E-state index contributed by atoms with van der Waals surface area (Å²) < 4.78 is 20.6. The van der Waals surface area contributed by atoms with Crippen molar-refractivity contribution in [2.75, 3.05) is 7.11 Å². The van der Waals surface area contributed by atoms with Gasteiger partial charge < -0.3 is 14.8 Å². The van der Waals surface area contributed by atoms with Crippen LogP contribution in [0.2, 0.25) is 5.02 Å². The van der Waals surface area contributed by atoms with E-state index in [0.29, 0.717) is 20.5 Å². The molecule has 0 saturated heterocycles. The lowest BCUT2D eigenvalue weighted by Gasteiger charge is -2.06. The van der Waals surface area contributed by atoms with E-state index in [1.54, 1.807) is 6.07 Å². The third-order valence-electron chi connectivity index (χ3n) is 4.94. The summed E-state index contributed by atoms with van der Waals surface area (Å²) in [6, 6.07) is 5.55. The average molecular weight is 564 g/mol. The number of H-pyrrole nitrogens is 1. The fraction of sp³-hybridized carbons (Fsp3) is 0.200. The van der Waals surface area contributed by atoms with Crippen molar-refractivity contribution in [1.82, 2.24) is 14.5 Å². The van der Waals surface area contributed by atoms with E-state index in [2.05, 4.69) is 9.97 Å². The van der Waals surface area contributed by atoms with Crippen LogP contribution >= 0.6 is 34.3 Å². The minimum atomic E-state index is -1.12. The maximum Gasteiger partial charge on any atom is 0.345 e. The molecule has 2 N–H and O–H groups in total. The number of nitrogens with zero attached hydrogens (tertiary/aromatic N) is 2. The van der Waals surface area contributed by atoms with Gasteiger partial charge in [-0.1, -0.05) is 39.3 Å². The molecule has 0 radical (unpaired) electrons. The van der Waals surface area contributed by atoms with Crippen LogP contribution in [0.1, 0.15) is 37.4 Å². The molecule has 0 atom stereocenters. The van der Waals surface area contributed by atoms with Crippen molar-refractivity contribution in [2.24, 2.45) is 0 Å². The molecule has 0 saturated carbocycles. The number of carboxylic acid groups (broad SMARTS) is 1. The van der Waals surface area contributed by atoms with Crippen LogP contribution in [0.25, 0.3) is 36.4 Å². The molecule has 37 heavy (non-hydrogen) atoms. The Labute approximate surface area is 223 Å². The lowest BCUT2D eigenvalue weighted by molar-refractivity contribution is 0.0702. The molecular weight excluding hydrogens is 541 g/mol. The topological polar surface area (TPSA) is 114 Å². The number of hydrogen-bond donors (Lipinski definition) is 2. The van der Waals surface area contributed by atoms with E-state index < -0.39 is 23.0 Å². The highest BCUT2D eigenvalue weighted by molar-refractivity contribution is 7.22. The summed E-state index contributed by atoms with van der Waals surface area (Å²) >= 11 is 8.23. The highest BCUT2D eigenvalue weighted by atomic mass is 35.5. The third kappa shape index (κ3) is 5.15. The van der Waals surface area contributed by atoms with Gasteiger partial charge in [-0.25, -0.2) is 18.5 Å². The molecule has 0 bridgehead atoms. The van der Waals surface area contributed by atoms with Crippen molar-refractivity contribution in [3.63, 3.8) is 0 Å². The van der Waals surface area contributed by atoms with E-state index in [9.17, 15) is 23.9 Å². The Bertz CT molecular complexity index is 1720. The second-order valence-electron chi connectivity index (χ2n) is 6.88. The number of pyridine rings is 1. The fourth-order valence-electron chi connectivity index (χ4n) is 3.45. The summed E-state index contributed by atoms with van der Waals surface area (Å²) in [6.45, 7) is 8.00. The van der Waals surface area contributed by atoms with Crippen LogP contribution in [0, 0.1) is 5.82 Å². The van der Waals surface area contributed by atoms with Gasteiger partial charge in [0.15, 0.2) is 11.6 Å². The highest BCUT2D eigenvalue weighted by Gasteiger charge is 2.20. The van der Waals surface area contributed by atoms with Crippen LogP contribution < -0.4 is 16.0 Å². The predicted molar refractivity (Wildman–Crippen MR) is 148 cm³/mol. The zero-order valence-electron chi connectivity index (χ0n) is 20.5. The van der Waals surface area contributed by atoms with Gasteiger partial charge in [0.05, 0.1) is 34.2 Å². The van der Waals surface area contributed by atoms with Gasteiger partial charge in [0, 0.05) is 22.0 Å². The summed E-state index contributed by atoms with van der Waals surface area (Å²) in [4.78, 5) is 44.9. The molecule has 194 valence electrons. The van der Waals surface area contributed by atoms with Gasteiger partial charge in [-0.15, -0.1) is 22.7 Å². The minimum absolute atomic E-state index is 0.0116. The average Bonchev–Trinajstić information content (AvgIpc) is 3.52. The summed E-state index contributed by atoms with van der Waals surface area (Å²) in [5.74, 6) is -1.75. The second kappa shape index (κ2) is 11.7. The molecule has 0 fully saturated rings. The number of carboxylic acids is 1. The summed E-state index contributed by atoms with van der Waals surface area (Å²) in [5, 5.41) is 9.92. The number of thiophene rings is 2. The SMILES string of the molecule is CC.CC.COc1cc(-c2cc3[nH]c(=O)n(-c4cncc5cc(C(=O)O)sc45)c(=O)c3s2)c(Cl)cc1F. The summed E-state index contributed by atoms with van der Waals surface area (Å²) in [5.41, 5.74) is -0.405. The van der Waals surface area contributed by atoms with Crippen LogP contribution in [0.15, 0.2) is 46.2 Å². The number of halogens is 2. The summed E-state index contributed by atoms with van der Waals surface area (Å²) in [7, 11) is 1.33. The predicted octanol–water partition coefficient (Wildman–Crippen LogP) is 6.57. The van der Waals surface area contributed by atoms with Crippen LogP contribution in [0.3, 0.4) is 0 Å². The monoisotopic (exact) mass is 563 g/mol. The van der Waals surface area contributed by atoms with Crippen molar-refractivity contribution >= 4 is 60.5 Å². The van der Waals surface area contributed by atoms with Gasteiger partial charge >= 0.3 is 11.7 Å². The zero-order chi connectivity index (χ0) is 27.4. The second-order valence-corrected chi connectivity index (χ2v) is 9.40. The first-order valence-corrected chi connectivity index (χ1v) is 13.2. The standard InChI is InChI=1S/C21H11ClFN3O5S2.2C2H6/c1-31-14-3-9(10(22)4-11(14)23)15-5-12-18(32-15)19(27)26(21(30)25-12)13-7-24-6-8-2-16(20(28)29)33-17(8)13;2*1-2/h2-7H,1H3,(H,25,30)(H,28,29);2*1-2H3. The normalized spacial score (nSPS) is 10.5. The number of ether oxygens (including phenoxy) is 1. The van der Waals surface area contributed by atoms with Gasteiger partial charge in [0.25, 0.3) is 5.56 Å². The van der Waals surface area contributed by atoms with Gasteiger partial charge in [-0.2, -0.15) is 0 Å². The maximum absolute atomic E-state index is 13.9. The quantitative estimate of drug-likeness (QED) is 0.256. The summed E-state index contributed by atoms with van der Waals surface area (Å²) in [6.07, 6.45) is 2.80. The van der Waals surface area contributed by atoms with Crippen molar-refractivity contribution in [3.05, 3.63) is 73.2 Å². The molecule has 12 heteroatoms. The van der Waals surface area contributed by atoms with Crippen LogP contribution in [-0.4, -0.2) is 32.7 Å². The number of rotatable bonds is 4. The molecular formula is C25H23ClFN3O5S2. The number of carbonyl (C=O) groups is 1. The third-order valence-corrected chi connectivity index (χ3v) is 7.57. The molecule has 4 aromatic heterocycles. The smallest absolute Gasteiger partial charge is 0.345 e. The molecule has 5 aromatic rings. The van der Waals surface area contributed by atoms with Crippen molar-refractivity contribution in [3.8, 4) is 21.9 Å². The number of fused-ring (bicyclic) bond motifs is 2. The fourth-order valence-corrected chi connectivity index (χ4v) is 5.80. The van der Waals surface area contributed by atoms with Crippen LogP contribution in [0.4, 0.5) is 4.39 Å². The van der Waals surface area contributed by atoms with Crippen LogP contribution in [-0.2, 0) is 0 Å². The number of aromatic carboxylic acids is 1. The van der Waals surface area contributed by atoms with E-state index in [0.717, 1.165) is 33.3 Å². The number of hydrogen-bond acceptors (Lipinski definition) is 7. The lowest BCUT2D eigenvalue weighted by Crippen LogP contribution is -2.33. The van der Waals surface area contributed by atoms with E-state index in [1.165, 1.54) is 31.6 Å². The molecule has 0 aliphatic carbocycles. The number of methoxy groups -OCH3 is 1. The Morgan fingerprint density at radius 2 is 1.78 bits per heavy atom. The zero-order valence-corrected chi connectivity index (χ0v) is 22.9. The van der Waals surface area contributed by atoms with Gasteiger partial charge in [-0.3, -0.25) is 9.78 Å². The minimum Gasteiger partial charge on any atom is -0.494 e. The number of nitrogens with one attached hydrogen (secondary N) is 1. The van der Waals surface area contributed by atoms with Crippen molar-refractivity contribution in [2.45, 2.75) is 27.7 Å². The Balaban J connectivity index is 0.000000907. The lowest BCUT2D eigenvalue weighted by atomic mass is 10.1. The Hall–Kier alpha value is -3.54. The molecule has 1 aromatic carbocycles. The highest BCUT2D eigenvalue weighted by Crippen LogP contribution is 2.38. The number of benzene rings is 1. The van der Waals surface area contributed by atoms with E-state index in [-0.39, 0.29) is 31.6 Å². The molecule has 0 aliphatic heterocycles. The Kier molecular flexibility index (Phi) is 8.85. The van der Waals surface area contributed by atoms with Gasteiger partial charge in [-0.05, 0) is 24.3 Å². The molecule has 0 amide bonds. The molecule has 5 rings (SSSR count). The first-order valence-electron chi connectivity index (χ1n) is 11.2. The Morgan fingerprint density at radius 1 is 1.08 bits per heavy atom. The van der Waals surface area contributed by atoms with Gasteiger partial charge in [0.1, 0.15) is 9.58 Å². The molecule has 0 spiro atoms. The molecule has 0 unspecified atom stereocenters. The van der Waals surface area contributed by atoms with Gasteiger partial charge in [0.2, 0.25) is 0 Å². The van der Waals surface area contributed by atoms with E-state index in [4.69, 9.17) is 16.3 Å². The maximum atomic E-state index is 13.9. The largest absolute Gasteiger partial charge is 0.494 e. The van der Waals surface area contributed by atoms with E-state index >= 15 is 0 Å². The molecule has 0 aliphatic rings. The molecule has 4 heterocycles. The first kappa shape index (κ1) is 28.0. The van der Waals surface area contributed by atoms with Crippen molar-refractivity contribution in [1.29, 1.82) is 0 Å².